The molecular weight excluding hydrogens is 388 g/mol. The molecule has 0 amide bonds. The van der Waals surface area contributed by atoms with Gasteiger partial charge in [-0.05, 0) is 44.7 Å². The van der Waals surface area contributed by atoms with Crippen molar-refractivity contribution in [2.24, 2.45) is 0 Å². The summed E-state index contributed by atoms with van der Waals surface area (Å²) in [6.45, 7) is 5.00. The zero-order chi connectivity index (χ0) is 19.5. The normalized spacial score (nSPS) is 13.6. The Labute approximate surface area is 173 Å². The molecule has 0 unspecified atom stereocenters. The number of aromatic nitrogens is 3. The van der Waals surface area contributed by atoms with Gasteiger partial charge >= 0.3 is 0 Å². The number of nitrogens with zero attached hydrogens (tertiary/aromatic N) is 3. The molecule has 5 nitrogen and oxygen atoms in total. The molecule has 1 aromatic carbocycles. The average Bonchev–Trinajstić information content (AvgIpc) is 3.32. The first-order chi connectivity index (χ1) is 13.6. The van der Waals surface area contributed by atoms with E-state index in [2.05, 4.69) is 51.3 Å². The molecule has 146 valence electrons. The third kappa shape index (κ3) is 4.64. The molecule has 7 heteroatoms. The number of thioether (sulfide) groups is 1. The van der Waals surface area contributed by atoms with Gasteiger partial charge in [0.05, 0.1) is 5.75 Å². The first-order valence-corrected chi connectivity index (χ1v) is 11.4. The van der Waals surface area contributed by atoms with E-state index in [0.29, 0.717) is 11.8 Å². The van der Waals surface area contributed by atoms with Gasteiger partial charge in [0.15, 0.2) is 10.1 Å². The van der Waals surface area contributed by atoms with Crippen LogP contribution in [0.2, 0.25) is 0 Å². The Morgan fingerprint density at radius 3 is 2.79 bits per heavy atom. The largest absolute Gasteiger partial charge is 0.357 e. The van der Waals surface area contributed by atoms with Gasteiger partial charge in [0.1, 0.15) is 0 Å². The molecule has 0 radical (unpaired) electrons. The van der Waals surface area contributed by atoms with Gasteiger partial charge in [-0.15, -0.1) is 10.2 Å². The van der Waals surface area contributed by atoms with E-state index in [1.807, 2.05) is 19.1 Å². The van der Waals surface area contributed by atoms with Gasteiger partial charge in [-0.3, -0.25) is 4.79 Å². The number of carbonyl (C=O) groups is 1. The van der Waals surface area contributed by atoms with Gasteiger partial charge in [-0.25, -0.2) is 0 Å². The molecule has 1 saturated carbocycles. The number of Topliss-reactive ketones (excluding diaryl/α,β-unsaturated/α-hetero) is 1. The summed E-state index contributed by atoms with van der Waals surface area (Å²) in [7, 11) is 0. The first kappa shape index (κ1) is 19.2. The number of rotatable bonds is 9. The summed E-state index contributed by atoms with van der Waals surface area (Å²) >= 11 is 3.00. The highest BCUT2D eigenvalue weighted by Crippen LogP contribution is 2.30. The molecule has 0 bridgehead atoms. The maximum atomic E-state index is 12.8. The van der Waals surface area contributed by atoms with Crippen molar-refractivity contribution in [1.82, 2.24) is 14.8 Å². The molecule has 0 atom stereocenters. The zero-order valence-electron chi connectivity index (χ0n) is 16.1. The molecule has 4 rings (SSSR count). The Morgan fingerprint density at radius 1 is 1.25 bits per heavy atom. The van der Waals surface area contributed by atoms with Gasteiger partial charge in [-0.2, -0.15) is 0 Å². The highest BCUT2D eigenvalue weighted by atomic mass is 32.2. The predicted molar refractivity (Wildman–Crippen MR) is 116 cm³/mol. The lowest BCUT2D eigenvalue weighted by Gasteiger charge is -2.10. The number of anilines is 1. The lowest BCUT2D eigenvalue weighted by Crippen LogP contribution is -2.08. The average molecular weight is 413 g/mol. The van der Waals surface area contributed by atoms with Crippen molar-refractivity contribution in [2.45, 2.75) is 50.0 Å². The van der Waals surface area contributed by atoms with E-state index < -0.39 is 0 Å². The fourth-order valence-electron chi connectivity index (χ4n) is 3.25. The van der Waals surface area contributed by atoms with Crippen LogP contribution >= 0.6 is 23.1 Å². The van der Waals surface area contributed by atoms with Crippen molar-refractivity contribution in [3.63, 3.8) is 0 Å². The molecule has 0 saturated heterocycles. The van der Waals surface area contributed by atoms with Crippen molar-refractivity contribution in [3.8, 4) is 0 Å². The summed E-state index contributed by atoms with van der Waals surface area (Å²) < 4.78 is 3.09. The minimum Gasteiger partial charge on any atom is -0.357 e. The lowest BCUT2D eigenvalue weighted by molar-refractivity contribution is 0.102. The van der Waals surface area contributed by atoms with E-state index in [9.17, 15) is 4.79 Å². The lowest BCUT2D eigenvalue weighted by atomic mass is 10.1. The van der Waals surface area contributed by atoms with Crippen LogP contribution in [0.25, 0.3) is 0 Å². The number of benzene rings is 1. The molecule has 3 aromatic rings. The zero-order valence-corrected chi connectivity index (χ0v) is 17.8. The van der Waals surface area contributed by atoms with E-state index in [1.54, 1.807) is 0 Å². The first-order valence-electron chi connectivity index (χ1n) is 9.57. The molecule has 1 N–H and O–H groups in total. The fourth-order valence-corrected chi connectivity index (χ4v) is 4.96. The summed E-state index contributed by atoms with van der Waals surface area (Å²) in [5, 5.41) is 12.5. The van der Waals surface area contributed by atoms with Crippen molar-refractivity contribution < 1.29 is 4.79 Å². The smallest absolute Gasteiger partial charge is 0.206 e. The Balaban J connectivity index is 1.36. The van der Waals surface area contributed by atoms with Gasteiger partial charge in [0.25, 0.3) is 0 Å². The number of aryl methyl sites for hydroxylation is 2. The second-order valence-electron chi connectivity index (χ2n) is 7.18. The molecular formula is C21H24N4OS2. The van der Waals surface area contributed by atoms with Crippen molar-refractivity contribution >= 4 is 34.0 Å². The molecule has 0 spiro atoms. The SMILES string of the molecule is Cc1cc(C(=O)CSc2nnc(NC3CC3)s2)c(C)n1CCc1ccccc1. The second-order valence-corrected chi connectivity index (χ2v) is 9.38. The van der Waals surface area contributed by atoms with E-state index >= 15 is 0 Å². The summed E-state index contributed by atoms with van der Waals surface area (Å²) in [5.74, 6) is 0.539. The summed E-state index contributed by atoms with van der Waals surface area (Å²) in [6.07, 6.45) is 3.38. The fraction of sp³-hybridized carbons (Fsp3) is 0.381. The van der Waals surface area contributed by atoms with Gasteiger partial charge in [-0.1, -0.05) is 53.4 Å². The summed E-state index contributed by atoms with van der Waals surface area (Å²) in [4.78, 5) is 12.8. The second kappa shape index (κ2) is 8.49. The molecule has 1 fully saturated rings. The molecule has 28 heavy (non-hydrogen) atoms. The maximum absolute atomic E-state index is 12.8. The number of ketones is 1. The van der Waals surface area contributed by atoms with Crippen LogP contribution in [-0.2, 0) is 13.0 Å². The number of hydrogen-bond donors (Lipinski definition) is 1. The number of nitrogens with one attached hydrogen (secondary N) is 1. The van der Waals surface area contributed by atoms with Crippen LogP contribution in [0, 0.1) is 13.8 Å². The monoisotopic (exact) mass is 412 g/mol. The van der Waals surface area contributed by atoms with Gasteiger partial charge in [0, 0.05) is 29.5 Å². The predicted octanol–water partition coefficient (Wildman–Crippen LogP) is 4.75. The van der Waals surface area contributed by atoms with E-state index in [1.165, 1.54) is 41.5 Å². The summed E-state index contributed by atoms with van der Waals surface area (Å²) in [5.41, 5.74) is 4.31. The third-order valence-corrected chi connectivity index (χ3v) is 6.97. The van der Waals surface area contributed by atoms with Crippen LogP contribution in [0.4, 0.5) is 5.13 Å². The summed E-state index contributed by atoms with van der Waals surface area (Å²) in [6, 6.07) is 13.0. The van der Waals surface area contributed by atoms with Crippen molar-refractivity contribution in [2.75, 3.05) is 11.1 Å². The van der Waals surface area contributed by atoms with Gasteiger partial charge < -0.3 is 9.88 Å². The van der Waals surface area contributed by atoms with Crippen LogP contribution in [0.5, 0.6) is 0 Å². The van der Waals surface area contributed by atoms with E-state index in [0.717, 1.165) is 39.4 Å². The Hall–Kier alpha value is -2.12. The Kier molecular flexibility index (Phi) is 5.82. The van der Waals surface area contributed by atoms with Crippen molar-refractivity contribution in [3.05, 3.63) is 58.9 Å². The topological polar surface area (TPSA) is 59.8 Å². The minimum atomic E-state index is 0.149. The number of carbonyl (C=O) groups excluding carboxylic acids is 1. The Morgan fingerprint density at radius 2 is 2.04 bits per heavy atom. The third-order valence-electron chi connectivity index (χ3n) is 4.98. The van der Waals surface area contributed by atoms with Gasteiger partial charge in [0.2, 0.25) is 5.13 Å². The highest BCUT2D eigenvalue weighted by molar-refractivity contribution is 8.01. The number of hydrogen-bond acceptors (Lipinski definition) is 6. The molecule has 1 aliphatic carbocycles. The molecule has 0 aliphatic heterocycles. The van der Waals surface area contributed by atoms with Crippen molar-refractivity contribution in [1.29, 1.82) is 0 Å². The van der Waals surface area contributed by atoms with Crippen LogP contribution in [0.1, 0.15) is 40.2 Å². The maximum Gasteiger partial charge on any atom is 0.206 e. The van der Waals surface area contributed by atoms with E-state index in [-0.39, 0.29) is 5.78 Å². The van der Waals surface area contributed by atoms with E-state index in [4.69, 9.17) is 0 Å². The quantitative estimate of drug-likeness (QED) is 0.406. The van der Waals surface area contributed by atoms with Crippen LogP contribution in [0.15, 0.2) is 40.7 Å². The standard InChI is InChI=1S/C21H24N4OS2/c1-14-12-18(15(2)25(14)11-10-16-6-4-3-5-7-16)19(26)13-27-21-24-23-20(28-21)22-17-8-9-17/h3-7,12,17H,8-11,13H2,1-2H3,(H,22,23). The highest BCUT2D eigenvalue weighted by Gasteiger charge is 2.23. The van der Waals surface area contributed by atoms with Crippen LogP contribution in [-0.4, -0.2) is 32.3 Å². The van der Waals surface area contributed by atoms with Crippen LogP contribution in [0.3, 0.4) is 0 Å². The van der Waals surface area contributed by atoms with Crippen LogP contribution < -0.4 is 5.32 Å². The molecule has 2 heterocycles. The Bertz CT molecular complexity index is 960. The molecule has 2 aromatic heterocycles. The molecule has 1 aliphatic rings. The minimum absolute atomic E-state index is 0.149.